The van der Waals surface area contributed by atoms with Gasteiger partial charge in [0.15, 0.2) is 6.10 Å². The molecule has 0 saturated heterocycles. The number of cyclic esters (lactones) is 1. The number of ether oxygens (including phenoxy) is 1. The molecule has 0 fully saturated rings. The van der Waals surface area contributed by atoms with Gasteiger partial charge in [0.25, 0.3) is 0 Å². The lowest BCUT2D eigenvalue weighted by Gasteiger charge is -2.15. The topological polar surface area (TPSA) is 119 Å². The van der Waals surface area contributed by atoms with Crippen LogP contribution in [-0.2, 0) is 9.53 Å². The van der Waals surface area contributed by atoms with Gasteiger partial charge in [0.05, 0.1) is 12.3 Å². The van der Waals surface area contributed by atoms with E-state index >= 15 is 0 Å². The van der Waals surface area contributed by atoms with E-state index in [4.69, 9.17) is 21.7 Å². The Kier molecular flexibility index (Phi) is 2.20. The fraction of sp³-hybridized carbons (Fsp3) is 0.500. The standard InChI is InChI=1S/C6H10N2O4/c7-3-4(8)6(11)12-5(3)2(10)1-9/h2,5,9-10H,1,7-8H2/t2-,5+/m0/s1. The monoisotopic (exact) mass is 174 g/mol. The molecule has 68 valence electrons. The van der Waals surface area contributed by atoms with E-state index in [-0.39, 0.29) is 11.4 Å². The lowest BCUT2D eigenvalue weighted by molar-refractivity contribution is -0.145. The zero-order valence-corrected chi connectivity index (χ0v) is 6.23. The van der Waals surface area contributed by atoms with Crippen LogP contribution in [0.1, 0.15) is 0 Å². The number of carbonyl (C=O) groups excluding carboxylic acids is 1. The van der Waals surface area contributed by atoms with Gasteiger partial charge in [-0.2, -0.15) is 0 Å². The molecule has 0 aliphatic carbocycles. The molecule has 0 saturated carbocycles. The second-order valence-electron chi connectivity index (χ2n) is 2.44. The minimum atomic E-state index is -1.21. The normalized spacial score (nSPS) is 25.8. The van der Waals surface area contributed by atoms with Crippen LogP contribution in [0, 0.1) is 0 Å². The van der Waals surface area contributed by atoms with Gasteiger partial charge in [-0.15, -0.1) is 0 Å². The Morgan fingerprint density at radius 3 is 2.50 bits per heavy atom. The average Bonchev–Trinajstić information content (AvgIpc) is 2.32. The van der Waals surface area contributed by atoms with Gasteiger partial charge in [0, 0.05) is 0 Å². The van der Waals surface area contributed by atoms with Crippen LogP contribution >= 0.6 is 0 Å². The highest BCUT2D eigenvalue weighted by atomic mass is 16.6. The van der Waals surface area contributed by atoms with Crippen molar-refractivity contribution in [2.75, 3.05) is 6.61 Å². The summed E-state index contributed by atoms with van der Waals surface area (Å²) in [5.74, 6) is -0.759. The van der Waals surface area contributed by atoms with E-state index < -0.39 is 24.8 Å². The maximum absolute atomic E-state index is 10.7. The number of esters is 1. The summed E-state index contributed by atoms with van der Waals surface area (Å²) in [6.07, 6.45) is -2.22. The van der Waals surface area contributed by atoms with E-state index in [1.807, 2.05) is 0 Å². The van der Waals surface area contributed by atoms with Crippen LogP contribution in [0.2, 0.25) is 0 Å². The zero-order chi connectivity index (χ0) is 9.30. The first-order chi connectivity index (χ1) is 5.57. The number of hydrogen-bond acceptors (Lipinski definition) is 6. The molecular formula is C6H10N2O4. The summed E-state index contributed by atoms with van der Waals surface area (Å²) in [4.78, 5) is 10.7. The molecule has 12 heavy (non-hydrogen) atoms. The Labute approximate surface area is 68.4 Å². The molecule has 0 aromatic heterocycles. The molecule has 2 atom stereocenters. The molecule has 6 N–H and O–H groups in total. The quantitative estimate of drug-likeness (QED) is 0.341. The molecule has 0 amide bonds. The van der Waals surface area contributed by atoms with Gasteiger partial charge in [0.1, 0.15) is 11.8 Å². The Bertz CT molecular complexity index is 238. The first kappa shape index (κ1) is 8.82. The van der Waals surface area contributed by atoms with E-state index in [1.54, 1.807) is 0 Å². The highest BCUT2D eigenvalue weighted by molar-refractivity contribution is 5.91. The summed E-state index contributed by atoms with van der Waals surface area (Å²) in [6, 6.07) is 0. The third-order valence-electron chi connectivity index (χ3n) is 1.61. The molecule has 0 aromatic rings. The number of nitrogens with two attached hydrogens (primary N) is 2. The van der Waals surface area contributed by atoms with E-state index in [0.29, 0.717) is 0 Å². The van der Waals surface area contributed by atoms with Crippen LogP contribution in [0.5, 0.6) is 0 Å². The first-order valence-corrected chi connectivity index (χ1v) is 3.33. The van der Waals surface area contributed by atoms with Crippen LogP contribution in [0.3, 0.4) is 0 Å². The van der Waals surface area contributed by atoms with Crippen LogP contribution < -0.4 is 11.5 Å². The summed E-state index contributed by atoms with van der Waals surface area (Å²) >= 11 is 0. The van der Waals surface area contributed by atoms with Crippen molar-refractivity contribution >= 4 is 5.97 Å². The van der Waals surface area contributed by atoms with Crippen LogP contribution in [0.15, 0.2) is 11.4 Å². The van der Waals surface area contributed by atoms with Gasteiger partial charge >= 0.3 is 5.97 Å². The van der Waals surface area contributed by atoms with Crippen molar-refractivity contribution < 1.29 is 19.7 Å². The largest absolute Gasteiger partial charge is 0.448 e. The number of aliphatic hydroxyl groups excluding tert-OH is 2. The van der Waals surface area contributed by atoms with Crippen molar-refractivity contribution in [2.45, 2.75) is 12.2 Å². The second-order valence-corrected chi connectivity index (χ2v) is 2.44. The third-order valence-corrected chi connectivity index (χ3v) is 1.61. The molecule has 0 radical (unpaired) electrons. The van der Waals surface area contributed by atoms with Crippen molar-refractivity contribution in [1.82, 2.24) is 0 Å². The summed E-state index contributed by atoms with van der Waals surface area (Å²) in [7, 11) is 0. The summed E-state index contributed by atoms with van der Waals surface area (Å²) in [5, 5.41) is 17.6. The van der Waals surface area contributed by atoms with E-state index in [9.17, 15) is 4.79 Å². The van der Waals surface area contributed by atoms with Crippen LogP contribution in [-0.4, -0.2) is 35.0 Å². The highest BCUT2D eigenvalue weighted by Crippen LogP contribution is 2.17. The molecule has 6 heteroatoms. The van der Waals surface area contributed by atoms with Crippen molar-refractivity contribution in [3.05, 3.63) is 11.4 Å². The number of hydrogen-bond donors (Lipinski definition) is 4. The van der Waals surface area contributed by atoms with Gasteiger partial charge in [-0.25, -0.2) is 4.79 Å². The predicted molar refractivity (Wildman–Crippen MR) is 38.4 cm³/mol. The molecule has 1 aliphatic rings. The Hall–Kier alpha value is -1.27. The van der Waals surface area contributed by atoms with Gasteiger partial charge in [0.2, 0.25) is 0 Å². The average molecular weight is 174 g/mol. The van der Waals surface area contributed by atoms with Crippen molar-refractivity contribution in [2.24, 2.45) is 11.5 Å². The van der Waals surface area contributed by atoms with Gasteiger partial charge in [-0.1, -0.05) is 0 Å². The van der Waals surface area contributed by atoms with Crippen molar-refractivity contribution in [3.8, 4) is 0 Å². The summed E-state index contributed by atoms with van der Waals surface area (Å²) < 4.78 is 4.57. The fourth-order valence-electron chi connectivity index (χ4n) is 0.895. The molecular weight excluding hydrogens is 164 g/mol. The third kappa shape index (κ3) is 1.21. The first-order valence-electron chi connectivity index (χ1n) is 3.33. The highest BCUT2D eigenvalue weighted by Gasteiger charge is 2.35. The molecule has 0 unspecified atom stereocenters. The maximum Gasteiger partial charge on any atom is 0.356 e. The van der Waals surface area contributed by atoms with E-state index in [2.05, 4.69) is 4.74 Å². The minimum absolute atomic E-state index is 0.0263. The molecule has 6 nitrogen and oxygen atoms in total. The molecule has 0 spiro atoms. The molecule has 0 bridgehead atoms. The summed E-state index contributed by atoms with van der Waals surface area (Å²) in [6.45, 7) is -0.536. The second kappa shape index (κ2) is 3.00. The van der Waals surface area contributed by atoms with Crippen molar-refractivity contribution in [3.63, 3.8) is 0 Å². The predicted octanol–water partition coefficient (Wildman–Crippen LogP) is -2.61. The number of aliphatic hydroxyl groups is 2. The maximum atomic E-state index is 10.7. The Balaban J connectivity index is 2.80. The fourth-order valence-corrected chi connectivity index (χ4v) is 0.895. The summed E-state index contributed by atoms with van der Waals surface area (Å²) in [5.41, 5.74) is 10.3. The Morgan fingerprint density at radius 1 is 1.58 bits per heavy atom. The molecule has 0 aromatic carbocycles. The molecule has 1 heterocycles. The van der Waals surface area contributed by atoms with E-state index in [1.165, 1.54) is 0 Å². The number of carbonyl (C=O) groups is 1. The minimum Gasteiger partial charge on any atom is -0.448 e. The van der Waals surface area contributed by atoms with Crippen LogP contribution in [0.4, 0.5) is 0 Å². The lowest BCUT2D eigenvalue weighted by Crippen LogP contribution is -2.34. The van der Waals surface area contributed by atoms with Gasteiger partial charge in [-0.05, 0) is 0 Å². The number of rotatable bonds is 2. The van der Waals surface area contributed by atoms with E-state index in [0.717, 1.165) is 0 Å². The van der Waals surface area contributed by atoms with Crippen LogP contribution in [0.25, 0.3) is 0 Å². The SMILES string of the molecule is NC1=C(N)[C@@H]([C@@H](O)CO)OC1=O. The molecule has 1 aliphatic heterocycles. The van der Waals surface area contributed by atoms with Gasteiger partial charge in [-0.3, -0.25) is 0 Å². The van der Waals surface area contributed by atoms with Crippen molar-refractivity contribution in [1.29, 1.82) is 0 Å². The zero-order valence-electron chi connectivity index (χ0n) is 6.23. The molecule has 1 rings (SSSR count). The smallest absolute Gasteiger partial charge is 0.356 e. The Morgan fingerprint density at radius 2 is 2.17 bits per heavy atom. The lowest BCUT2D eigenvalue weighted by atomic mass is 10.1. The van der Waals surface area contributed by atoms with Gasteiger partial charge < -0.3 is 26.4 Å².